The molecule has 4 nitrogen and oxygen atoms in total. The van der Waals surface area contributed by atoms with E-state index in [1.807, 2.05) is 6.07 Å². The molecule has 1 aromatic carbocycles. The largest absolute Gasteiger partial charge is 0.408 e. The molecule has 0 spiro atoms. The molecule has 0 aliphatic carbocycles. The second-order valence-corrected chi connectivity index (χ2v) is 4.68. The van der Waals surface area contributed by atoms with Gasteiger partial charge in [-0.1, -0.05) is 23.3 Å². The van der Waals surface area contributed by atoms with Crippen molar-refractivity contribution in [3.63, 3.8) is 0 Å². The number of aryl methyl sites for hydroxylation is 2. The van der Waals surface area contributed by atoms with E-state index in [9.17, 15) is 0 Å². The van der Waals surface area contributed by atoms with Gasteiger partial charge in [0.1, 0.15) is 0 Å². The number of nitrogens with zero attached hydrogens (tertiary/aromatic N) is 3. The van der Waals surface area contributed by atoms with Gasteiger partial charge in [0.25, 0.3) is 0 Å². The second-order valence-electron chi connectivity index (χ2n) is 4.30. The highest BCUT2D eigenvalue weighted by Gasteiger charge is 2.22. The normalized spacial score (nSPS) is 14.6. The van der Waals surface area contributed by atoms with Gasteiger partial charge in [-0.05, 0) is 24.5 Å². The number of fused-ring (bicyclic) bond motifs is 1. The molecule has 1 aliphatic rings. The summed E-state index contributed by atoms with van der Waals surface area (Å²) in [6, 6.07) is 8.92. The summed E-state index contributed by atoms with van der Waals surface area (Å²) in [6.45, 7) is 0.916. The first kappa shape index (κ1) is 11.5. The molecule has 0 bridgehead atoms. The van der Waals surface area contributed by atoms with Gasteiger partial charge in [-0.2, -0.15) is 0 Å². The number of halogens is 1. The SMILES string of the molecule is ClCCc1nnc(N2CCCc3ccccc32)o1. The zero-order chi connectivity index (χ0) is 12.4. The highest BCUT2D eigenvalue weighted by Crippen LogP contribution is 2.32. The predicted molar refractivity (Wildman–Crippen MR) is 70.5 cm³/mol. The lowest BCUT2D eigenvalue weighted by Gasteiger charge is -2.27. The van der Waals surface area contributed by atoms with Crippen LogP contribution < -0.4 is 4.90 Å². The average molecular weight is 264 g/mol. The van der Waals surface area contributed by atoms with Crippen LogP contribution in [0, 0.1) is 0 Å². The van der Waals surface area contributed by atoms with Crippen LogP contribution >= 0.6 is 11.6 Å². The molecule has 5 heteroatoms. The zero-order valence-corrected chi connectivity index (χ0v) is 10.7. The predicted octanol–water partition coefficient (Wildman–Crippen LogP) is 2.94. The van der Waals surface area contributed by atoms with Crippen molar-refractivity contribution in [2.75, 3.05) is 17.3 Å². The summed E-state index contributed by atoms with van der Waals surface area (Å²) in [4.78, 5) is 2.09. The van der Waals surface area contributed by atoms with E-state index in [1.165, 1.54) is 11.3 Å². The maximum absolute atomic E-state index is 5.67. The lowest BCUT2D eigenvalue weighted by molar-refractivity contribution is 0.496. The third-order valence-corrected chi connectivity index (χ3v) is 3.29. The molecule has 2 aromatic rings. The molecule has 1 aromatic heterocycles. The number of hydrogen-bond acceptors (Lipinski definition) is 4. The van der Waals surface area contributed by atoms with Crippen molar-refractivity contribution in [1.29, 1.82) is 0 Å². The van der Waals surface area contributed by atoms with E-state index in [0.717, 1.165) is 19.4 Å². The number of hydrogen-bond donors (Lipinski definition) is 0. The lowest BCUT2D eigenvalue weighted by Crippen LogP contribution is -2.24. The van der Waals surface area contributed by atoms with Crippen LogP contribution in [0.2, 0.25) is 0 Å². The Labute approximate surface area is 111 Å². The van der Waals surface area contributed by atoms with Crippen LogP contribution in [0.1, 0.15) is 17.9 Å². The number of anilines is 2. The summed E-state index contributed by atoms with van der Waals surface area (Å²) in [7, 11) is 0. The van der Waals surface area contributed by atoms with E-state index in [2.05, 4.69) is 33.3 Å². The van der Waals surface area contributed by atoms with Crippen LogP contribution in [0.3, 0.4) is 0 Å². The summed E-state index contributed by atoms with van der Waals surface area (Å²) in [5, 5.41) is 8.12. The minimum absolute atomic E-state index is 0.498. The first-order chi connectivity index (χ1) is 8.88. The van der Waals surface area contributed by atoms with Gasteiger partial charge in [0, 0.05) is 24.5 Å². The van der Waals surface area contributed by atoms with Crippen LogP contribution in [-0.2, 0) is 12.8 Å². The molecular weight excluding hydrogens is 250 g/mol. The Morgan fingerprint density at radius 2 is 2.17 bits per heavy atom. The third kappa shape index (κ3) is 2.08. The molecule has 0 radical (unpaired) electrons. The average Bonchev–Trinajstić information content (AvgIpc) is 2.87. The maximum atomic E-state index is 5.67. The molecule has 94 valence electrons. The molecule has 2 heterocycles. The molecule has 0 amide bonds. The number of alkyl halides is 1. The Bertz CT molecular complexity index is 541. The fraction of sp³-hybridized carbons (Fsp3) is 0.385. The van der Waals surface area contributed by atoms with Crippen LogP contribution in [0.5, 0.6) is 0 Å². The topological polar surface area (TPSA) is 42.2 Å². The van der Waals surface area contributed by atoms with Crippen molar-refractivity contribution >= 4 is 23.3 Å². The monoisotopic (exact) mass is 263 g/mol. The first-order valence-corrected chi connectivity index (χ1v) is 6.66. The maximum Gasteiger partial charge on any atom is 0.322 e. The molecule has 0 unspecified atom stereocenters. The Morgan fingerprint density at radius 3 is 3.06 bits per heavy atom. The van der Waals surface area contributed by atoms with Crippen molar-refractivity contribution < 1.29 is 4.42 Å². The van der Waals surface area contributed by atoms with Gasteiger partial charge in [0.15, 0.2) is 0 Å². The van der Waals surface area contributed by atoms with Gasteiger partial charge in [-0.25, -0.2) is 0 Å². The van der Waals surface area contributed by atoms with E-state index >= 15 is 0 Å². The van der Waals surface area contributed by atoms with E-state index in [-0.39, 0.29) is 0 Å². The standard InChI is InChI=1S/C13H14ClN3O/c14-8-7-12-15-16-13(18-12)17-9-3-5-10-4-1-2-6-11(10)17/h1-2,4,6H,3,5,7-9H2. The van der Waals surface area contributed by atoms with Crippen molar-refractivity contribution in [2.24, 2.45) is 0 Å². The summed E-state index contributed by atoms with van der Waals surface area (Å²) < 4.78 is 5.64. The van der Waals surface area contributed by atoms with Crippen molar-refractivity contribution in [3.8, 4) is 0 Å². The Kier molecular flexibility index (Phi) is 3.19. The molecule has 0 saturated heterocycles. The first-order valence-electron chi connectivity index (χ1n) is 6.12. The molecule has 3 rings (SSSR count). The van der Waals surface area contributed by atoms with Crippen molar-refractivity contribution in [1.82, 2.24) is 10.2 Å². The highest BCUT2D eigenvalue weighted by molar-refractivity contribution is 6.17. The van der Waals surface area contributed by atoms with E-state index in [4.69, 9.17) is 16.0 Å². The number of rotatable bonds is 3. The van der Waals surface area contributed by atoms with Crippen molar-refractivity contribution in [2.45, 2.75) is 19.3 Å². The zero-order valence-electron chi connectivity index (χ0n) is 9.97. The van der Waals surface area contributed by atoms with Gasteiger partial charge in [-0.15, -0.1) is 16.7 Å². The fourth-order valence-corrected chi connectivity index (χ4v) is 2.43. The molecule has 0 atom stereocenters. The minimum atomic E-state index is 0.498. The molecule has 1 aliphatic heterocycles. The van der Waals surface area contributed by atoms with Crippen molar-refractivity contribution in [3.05, 3.63) is 35.7 Å². The van der Waals surface area contributed by atoms with Crippen LogP contribution in [-0.4, -0.2) is 22.6 Å². The van der Waals surface area contributed by atoms with E-state index in [0.29, 0.717) is 24.2 Å². The molecule has 18 heavy (non-hydrogen) atoms. The van der Waals surface area contributed by atoms with Gasteiger partial charge in [-0.3, -0.25) is 4.90 Å². The fourth-order valence-electron chi connectivity index (χ4n) is 2.27. The molecular formula is C13H14ClN3O. The Balaban J connectivity index is 1.92. The second kappa shape index (κ2) is 4.98. The van der Waals surface area contributed by atoms with E-state index < -0.39 is 0 Å². The number of aromatic nitrogens is 2. The lowest BCUT2D eigenvalue weighted by atomic mass is 10.0. The summed E-state index contributed by atoms with van der Waals surface area (Å²) in [5.41, 5.74) is 2.51. The third-order valence-electron chi connectivity index (χ3n) is 3.11. The number of para-hydroxylation sites is 1. The number of benzene rings is 1. The van der Waals surface area contributed by atoms with Crippen LogP contribution in [0.25, 0.3) is 0 Å². The van der Waals surface area contributed by atoms with E-state index in [1.54, 1.807) is 0 Å². The summed E-state index contributed by atoms with van der Waals surface area (Å²) >= 11 is 5.67. The van der Waals surface area contributed by atoms with Crippen LogP contribution in [0.4, 0.5) is 11.7 Å². The van der Waals surface area contributed by atoms with Crippen LogP contribution in [0.15, 0.2) is 28.7 Å². The summed E-state index contributed by atoms with van der Waals surface area (Å²) in [6.07, 6.45) is 2.82. The Morgan fingerprint density at radius 1 is 1.28 bits per heavy atom. The molecule has 0 N–H and O–H groups in total. The van der Waals surface area contributed by atoms with Gasteiger partial charge in [0.2, 0.25) is 5.89 Å². The smallest absolute Gasteiger partial charge is 0.322 e. The van der Waals surface area contributed by atoms with Gasteiger partial charge in [0.05, 0.1) is 0 Å². The Hall–Kier alpha value is -1.55. The highest BCUT2D eigenvalue weighted by atomic mass is 35.5. The minimum Gasteiger partial charge on any atom is -0.408 e. The van der Waals surface area contributed by atoms with Gasteiger partial charge >= 0.3 is 6.01 Å². The summed E-state index contributed by atoms with van der Waals surface area (Å²) in [5.74, 6) is 1.10. The van der Waals surface area contributed by atoms with Gasteiger partial charge < -0.3 is 4.42 Å². The molecule has 0 saturated carbocycles. The molecule has 0 fully saturated rings. The quantitative estimate of drug-likeness (QED) is 0.799.